The van der Waals surface area contributed by atoms with Gasteiger partial charge in [-0.1, -0.05) is 25.5 Å². The van der Waals surface area contributed by atoms with Crippen LogP contribution in [0.1, 0.15) is 55.0 Å². The number of halogens is 1. The van der Waals surface area contributed by atoms with Gasteiger partial charge in [0, 0.05) is 28.5 Å². The van der Waals surface area contributed by atoms with Crippen molar-refractivity contribution in [1.29, 1.82) is 0 Å². The summed E-state index contributed by atoms with van der Waals surface area (Å²) in [5.74, 6) is 0.982. The molecule has 0 saturated carbocycles. The highest BCUT2D eigenvalue weighted by Gasteiger charge is 2.28. The molecule has 1 fully saturated rings. The normalized spacial score (nSPS) is 19.9. The molecule has 3 aromatic rings. The van der Waals surface area contributed by atoms with E-state index in [1.807, 2.05) is 18.2 Å². The Kier molecular flexibility index (Phi) is 7.49. The number of hydrogen-bond donors (Lipinski definition) is 2. The first-order valence-electron chi connectivity index (χ1n) is 12.8. The number of benzene rings is 2. The molecule has 2 atom stereocenters. The number of rotatable bonds is 6. The maximum absolute atomic E-state index is 14.1. The Morgan fingerprint density at radius 3 is 2.77 bits per heavy atom. The second-order valence-electron chi connectivity index (χ2n) is 9.56. The lowest BCUT2D eigenvalue weighted by Crippen LogP contribution is -2.36. The van der Waals surface area contributed by atoms with Gasteiger partial charge in [-0.15, -0.1) is 11.3 Å². The summed E-state index contributed by atoms with van der Waals surface area (Å²) < 4.78 is 19.5. The number of methoxy groups -OCH3 is 1. The average molecular weight is 492 g/mol. The Morgan fingerprint density at radius 2 is 1.97 bits per heavy atom. The summed E-state index contributed by atoms with van der Waals surface area (Å²) in [5.41, 5.74) is 5.23. The third-order valence-electron chi connectivity index (χ3n) is 7.17. The lowest BCUT2D eigenvalue weighted by atomic mass is 9.84. The largest absolute Gasteiger partial charge is 0.497 e. The number of nitrogens with one attached hydrogen (secondary N) is 2. The first kappa shape index (κ1) is 24.0. The minimum atomic E-state index is -0.246. The van der Waals surface area contributed by atoms with E-state index in [1.165, 1.54) is 34.9 Å². The second-order valence-corrected chi connectivity index (χ2v) is 10.7. The smallest absolute Gasteiger partial charge is 0.125 e. The molecular formula is C29H34FN3OS. The van der Waals surface area contributed by atoms with Crippen molar-refractivity contribution in [3.63, 3.8) is 0 Å². The van der Waals surface area contributed by atoms with Crippen LogP contribution in [0.15, 0.2) is 53.5 Å². The predicted molar refractivity (Wildman–Crippen MR) is 145 cm³/mol. The molecule has 0 aliphatic carbocycles. The second kappa shape index (κ2) is 10.9. The van der Waals surface area contributed by atoms with Crippen LogP contribution < -0.4 is 15.4 Å². The van der Waals surface area contributed by atoms with Crippen molar-refractivity contribution in [1.82, 2.24) is 5.32 Å². The van der Waals surface area contributed by atoms with Crippen LogP contribution in [0.25, 0.3) is 0 Å². The van der Waals surface area contributed by atoms with E-state index in [4.69, 9.17) is 9.73 Å². The molecule has 3 heterocycles. The molecule has 184 valence electrons. The fraction of sp³-hybridized carbons (Fsp3) is 0.414. The molecule has 2 N–H and O–H groups in total. The van der Waals surface area contributed by atoms with E-state index in [1.54, 1.807) is 24.5 Å². The molecule has 0 spiro atoms. The van der Waals surface area contributed by atoms with Gasteiger partial charge < -0.3 is 15.4 Å². The van der Waals surface area contributed by atoms with Gasteiger partial charge in [-0.3, -0.25) is 4.99 Å². The fourth-order valence-corrected chi connectivity index (χ4v) is 6.21. The van der Waals surface area contributed by atoms with Crippen LogP contribution in [0.5, 0.6) is 5.75 Å². The number of aryl methyl sites for hydroxylation is 2. The molecule has 0 radical (unpaired) electrons. The van der Waals surface area contributed by atoms with Crippen molar-refractivity contribution >= 4 is 33.4 Å². The van der Waals surface area contributed by atoms with Crippen molar-refractivity contribution in [3.05, 3.63) is 70.4 Å². The summed E-state index contributed by atoms with van der Waals surface area (Å²) in [4.78, 5) is 6.48. The number of ether oxygens (including phenoxy) is 1. The molecule has 4 nitrogen and oxygen atoms in total. The van der Waals surface area contributed by atoms with Gasteiger partial charge in [0.05, 0.1) is 24.2 Å². The minimum absolute atomic E-state index is 0.246. The first-order valence-corrected chi connectivity index (χ1v) is 13.6. The average Bonchev–Trinajstić information content (AvgIpc) is 3.20. The van der Waals surface area contributed by atoms with E-state index in [0.29, 0.717) is 17.6 Å². The molecule has 2 aliphatic rings. The van der Waals surface area contributed by atoms with Crippen LogP contribution in [-0.2, 0) is 12.8 Å². The lowest BCUT2D eigenvalue weighted by molar-refractivity contribution is 0.365. The summed E-state index contributed by atoms with van der Waals surface area (Å²) in [6, 6.07) is 16.0. The Balaban J connectivity index is 1.42. The van der Waals surface area contributed by atoms with Gasteiger partial charge in [0.25, 0.3) is 0 Å². The monoisotopic (exact) mass is 491 g/mol. The summed E-state index contributed by atoms with van der Waals surface area (Å²) in [5, 5.41) is 8.51. The molecule has 1 unspecified atom stereocenters. The van der Waals surface area contributed by atoms with Gasteiger partial charge in [0.15, 0.2) is 0 Å². The Bertz CT molecular complexity index is 1190. The molecule has 2 aromatic carbocycles. The highest BCUT2D eigenvalue weighted by atomic mass is 32.1. The zero-order valence-corrected chi connectivity index (χ0v) is 21.4. The standard InChI is InChI=1S/C29H34FN3OS/c1-3-24-18-25-28(32-27-17-21(30)10-14-26(27)33-29(25)35-24)20-6-4-5-15-31-22(16-20)11-7-19-8-12-23(34-2)13-9-19/h8-10,12-14,17-18,20,22,31,33H,3-7,11,15-16H2,1-2H3/t20?,22-/m0/s1. The number of aliphatic imine (C=N–C) groups is 1. The van der Waals surface area contributed by atoms with Crippen molar-refractivity contribution in [2.75, 3.05) is 19.0 Å². The number of hydrogen-bond acceptors (Lipinski definition) is 5. The van der Waals surface area contributed by atoms with E-state index in [9.17, 15) is 4.39 Å². The molecule has 6 heteroatoms. The SMILES string of the molecule is CCc1cc2c(s1)Nc1ccc(F)cc1N=C2C1CCCCN[C@@H](CCc2ccc(OC)cc2)C1. The minimum Gasteiger partial charge on any atom is -0.497 e. The molecular weight excluding hydrogens is 457 g/mol. The quantitative estimate of drug-likeness (QED) is 0.377. The number of thiophene rings is 1. The Labute approximate surface area is 211 Å². The number of nitrogens with zero attached hydrogens (tertiary/aromatic N) is 1. The van der Waals surface area contributed by atoms with Gasteiger partial charge in [0.1, 0.15) is 16.6 Å². The third kappa shape index (κ3) is 5.60. The summed E-state index contributed by atoms with van der Waals surface area (Å²) in [7, 11) is 1.70. The molecule has 1 aromatic heterocycles. The van der Waals surface area contributed by atoms with Crippen molar-refractivity contribution < 1.29 is 9.13 Å². The summed E-state index contributed by atoms with van der Waals surface area (Å²) in [6.07, 6.45) is 7.60. The highest BCUT2D eigenvalue weighted by Crippen LogP contribution is 2.42. The lowest BCUT2D eigenvalue weighted by Gasteiger charge is -2.28. The van der Waals surface area contributed by atoms with Crippen LogP contribution in [0, 0.1) is 11.7 Å². The maximum atomic E-state index is 14.1. The van der Waals surface area contributed by atoms with E-state index in [0.717, 1.165) is 60.8 Å². The predicted octanol–water partition coefficient (Wildman–Crippen LogP) is 7.42. The van der Waals surface area contributed by atoms with Crippen LogP contribution >= 0.6 is 11.3 Å². The highest BCUT2D eigenvalue weighted by molar-refractivity contribution is 7.16. The summed E-state index contributed by atoms with van der Waals surface area (Å²) >= 11 is 1.79. The van der Waals surface area contributed by atoms with Crippen molar-refractivity contribution in [3.8, 4) is 5.75 Å². The third-order valence-corrected chi connectivity index (χ3v) is 8.36. The van der Waals surface area contributed by atoms with Gasteiger partial charge in [0.2, 0.25) is 0 Å². The van der Waals surface area contributed by atoms with Crippen LogP contribution in [0.4, 0.5) is 20.8 Å². The zero-order valence-electron chi connectivity index (χ0n) is 20.6. The van der Waals surface area contributed by atoms with Gasteiger partial charge in [-0.2, -0.15) is 0 Å². The van der Waals surface area contributed by atoms with E-state index >= 15 is 0 Å². The Morgan fingerprint density at radius 1 is 1.11 bits per heavy atom. The fourth-order valence-electron chi connectivity index (χ4n) is 5.19. The number of anilines is 2. The van der Waals surface area contributed by atoms with E-state index in [2.05, 4.69) is 35.8 Å². The molecule has 35 heavy (non-hydrogen) atoms. The van der Waals surface area contributed by atoms with E-state index < -0.39 is 0 Å². The van der Waals surface area contributed by atoms with Gasteiger partial charge in [-0.05, 0) is 81.0 Å². The topological polar surface area (TPSA) is 45.7 Å². The molecule has 2 aliphatic heterocycles. The first-order chi connectivity index (χ1) is 17.1. The molecule has 0 bridgehead atoms. The van der Waals surface area contributed by atoms with E-state index in [-0.39, 0.29) is 5.82 Å². The molecule has 0 amide bonds. The van der Waals surface area contributed by atoms with Gasteiger partial charge >= 0.3 is 0 Å². The molecule has 5 rings (SSSR count). The zero-order chi connectivity index (χ0) is 24.2. The summed E-state index contributed by atoms with van der Waals surface area (Å²) in [6.45, 7) is 3.26. The maximum Gasteiger partial charge on any atom is 0.125 e. The van der Waals surface area contributed by atoms with Crippen molar-refractivity contribution in [2.45, 2.75) is 57.9 Å². The number of fused-ring (bicyclic) bond motifs is 2. The van der Waals surface area contributed by atoms with Crippen molar-refractivity contribution in [2.24, 2.45) is 10.9 Å². The van der Waals surface area contributed by atoms with Crippen LogP contribution in [0.3, 0.4) is 0 Å². The Hall–Kier alpha value is -2.70. The molecule has 1 saturated heterocycles. The van der Waals surface area contributed by atoms with Crippen LogP contribution in [-0.4, -0.2) is 25.4 Å². The van der Waals surface area contributed by atoms with Crippen LogP contribution in [0.2, 0.25) is 0 Å². The van der Waals surface area contributed by atoms with Gasteiger partial charge in [-0.25, -0.2) is 4.39 Å².